The molecule has 0 saturated carbocycles. The van der Waals surface area contributed by atoms with Crippen molar-refractivity contribution in [1.29, 1.82) is 0 Å². The first-order chi connectivity index (χ1) is 12.6. The Hall–Kier alpha value is -0.860. The van der Waals surface area contributed by atoms with Crippen molar-refractivity contribution >= 4 is 29.9 Å². The van der Waals surface area contributed by atoms with E-state index in [1.807, 2.05) is 0 Å². The molecule has 27 heavy (non-hydrogen) atoms. The van der Waals surface area contributed by atoms with Gasteiger partial charge in [-0.1, -0.05) is 44.2 Å². The van der Waals surface area contributed by atoms with Crippen LogP contribution in [-0.2, 0) is 14.9 Å². The molecule has 2 heterocycles. The summed E-state index contributed by atoms with van der Waals surface area (Å²) in [5, 5.41) is 3.47. The molecule has 0 bridgehead atoms. The third-order valence-electron chi connectivity index (χ3n) is 5.29. The molecular formula is C21H34IN3O2. The SMILES string of the molecule is CCNC(=NCC(C)(C)c1ccccc1)N1CCOC(C2CCCO2)C1.I. The standard InChI is InChI=1S/C21H33N3O2.HI/c1-4-22-20(23-16-21(2,3)17-9-6-5-7-10-17)24-12-14-26-19(15-24)18-11-8-13-25-18;/h5-7,9-10,18-19H,4,8,11-16H2,1-3H3,(H,22,23);1H. The molecule has 0 radical (unpaired) electrons. The molecule has 152 valence electrons. The van der Waals surface area contributed by atoms with Crippen molar-refractivity contribution in [3.8, 4) is 0 Å². The molecule has 0 aromatic heterocycles. The topological polar surface area (TPSA) is 46.1 Å². The first-order valence-electron chi connectivity index (χ1n) is 9.92. The Balaban J connectivity index is 0.00000261. The van der Waals surface area contributed by atoms with Crippen LogP contribution in [0.3, 0.4) is 0 Å². The number of hydrogen-bond acceptors (Lipinski definition) is 3. The monoisotopic (exact) mass is 487 g/mol. The van der Waals surface area contributed by atoms with Gasteiger partial charge in [0.2, 0.25) is 0 Å². The summed E-state index contributed by atoms with van der Waals surface area (Å²) in [6, 6.07) is 10.6. The highest BCUT2D eigenvalue weighted by Crippen LogP contribution is 2.24. The molecule has 0 amide bonds. The van der Waals surface area contributed by atoms with E-state index in [4.69, 9.17) is 14.5 Å². The zero-order chi connectivity index (χ0) is 18.4. The van der Waals surface area contributed by atoms with Gasteiger partial charge in [0.05, 0.1) is 19.3 Å². The van der Waals surface area contributed by atoms with Crippen LogP contribution in [0.5, 0.6) is 0 Å². The van der Waals surface area contributed by atoms with E-state index >= 15 is 0 Å². The fourth-order valence-corrected chi connectivity index (χ4v) is 3.67. The van der Waals surface area contributed by atoms with Gasteiger partial charge in [0, 0.05) is 31.7 Å². The molecule has 3 rings (SSSR count). The normalized spacial score (nSPS) is 23.8. The first kappa shape index (κ1) is 22.4. The molecule has 0 spiro atoms. The van der Waals surface area contributed by atoms with Gasteiger partial charge >= 0.3 is 0 Å². The predicted molar refractivity (Wildman–Crippen MR) is 121 cm³/mol. The van der Waals surface area contributed by atoms with Gasteiger partial charge in [-0.15, -0.1) is 24.0 Å². The van der Waals surface area contributed by atoms with Gasteiger partial charge in [-0.25, -0.2) is 0 Å². The van der Waals surface area contributed by atoms with Crippen LogP contribution in [0.1, 0.15) is 39.2 Å². The lowest BCUT2D eigenvalue weighted by atomic mass is 9.85. The maximum atomic E-state index is 5.99. The summed E-state index contributed by atoms with van der Waals surface area (Å²) in [5.41, 5.74) is 1.32. The van der Waals surface area contributed by atoms with E-state index in [0.29, 0.717) is 0 Å². The second kappa shape index (κ2) is 10.6. The Kier molecular flexibility index (Phi) is 8.82. The summed E-state index contributed by atoms with van der Waals surface area (Å²) in [5.74, 6) is 0.989. The van der Waals surface area contributed by atoms with Crippen LogP contribution >= 0.6 is 24.0 Å². The minimum atomic E-state index is 0. The zero-order valence-corrected chi connectivity index (χ0v) is 19.1. The highest BCUT2D eigenvalue weighted by Gasteiger charge is 2.32. The second-order valence-electron chi connectivity index (χ2n) is 7.83. The van der Waals surface area contributed by atoms with E-state index in [1.54, 1.807) is 0 Å². The van der Waals surface area contributed by atoms with E-state index in [0.717, 1.165) is 58.2 Å². The number of benzene rings is 1. The quantitative estimate of drug-likeness (QED) is 0.393. The molecule has 2 saturated heterocycles. The Morgan fingerprint density at radius 2 is 1.93 bits per heavy atom. The Bertz CT molecular complexity index is 588. The minimum Gasteiger partial charge on any atom is -0.375 e. The third-order valence-corrected chi connectivity index (χ3v) is 5.29. The lowest BCUT2D eigenvalue weighted by Crippen LogP contribution is -2.53. The number of hydrogen-bond donors (Lipinski definition) is 1. The number of ether oxygens (including phenoxy) is 2. The van der Waals surface area contributed by atoms with Gasteiger partial charge in [-0.2, -0.15) is 0 Å². The molecule has 2 aliphatic heterocycles. The summed E-state index contributed by atoms with van der Waals surface area (Å²) in [6.07, 6.45) is 2.63. The van der Waals surface area contributed by atoms with E-state index in [9.17, 15) is 0 Å². The van der Waals surface area contributed by atoms with Crippen LogP contribution in [0.2, 0.25) is 0 Å². The molecule has 2 atom stereocenters. The summed E-state index contributed by atoms with van der Waals surface area (Å²) < 4.78 is 11.8. The van der Waals surface area contributed by atoms with Crippen LogP contribution in [0.15, 0.2) is 35.3 Å². The molecular weight excluding hydrogens is 453 g/mol. The third kappa shape index (κ3) is 6.06. The van der Waals surface area contributed by atoms with Crippen LogP contribution in [0, 0.1) is 0 Å². The highest BCUT2D eigenvalue weighted by atomic mass is 127. The van der Waals surface area contributed by atoms with E-state index < -0.39 is 0 Å². The molecule has 1 aromatic rings. The van der Waals surface area contributed by atoms with Gasteiger partial charge in [-0.3, -0.25) is 4.99 Å². The van der Waals surface area contributed by atoms with Crippen LogP contribution in [0.25, 0.3) is 0 Å². The predicted octanol–water partition coefficient (Wildman–Crippen LogP) is 3.43. The van der Waals surface area contributed by atoms with Gasteiger partial charge in [0.15, 0.2) is 5.96 Å². The van der Waals surface area contributed by atoms with Crippen molar-refractivity contribution in [3.63, 3.8) is 0 Å². The number of rotatable bonds is 5. The van der Waals surface area contributed by atoms with Gasteiger partial charge in [0.25, 0.3) is 0 Å². The van der Waals surface area contributed by atoms with Crippen molar-refractivity contribution in [2.45, 2.75) is 51.2 Å². The lowest BCUT2D eigenvalue weighted by molar-refractivity contribution is -0.0817. The Morgan fingerprint density at radius 3 is 2.59 bits per heavy atom. The summed E-state index contributed by atoms with van der Waals surface area (Å²) in [7, 11) is 0. The van der Waals surface area contributed by atoms with Gasteiger partial charge < -0.3 is 19.7 Å². The van der Waals surface area contributed by atoms with E-state index in [1.165, 1.54) is 5.56 Å². The number of halogens is 1. The van der Waals surface area contributed by atoms with E-state index in [2.05, 4.69) is 61.3 Å². The molecule has 0 aliphatic carbocycles. The largest absolute Gasteiger partial charge is 0.375 e. The maximum absolute atomic E-state index is 5.99. The summed E-state index contributed by atoms with van der Waals surface area (Å²) in [4.78, 5) is 7.32. The van der Waals surface area contributed by atoms with E-state index in [-0.39, 0.29) is 41.6 Å². The number of nitrogens with one attached hydrogen (secondary N) is 1. The average Bonchev–Trinajstić information content (AvgIpc) is 3.21. The smallest absolute Gasteiger partial charge is 0.194 e. The fraction of sp³-hybridized carbons (Fsp3) is 0.667. The minimum absolute atomic E-state index is 0. The molecule has 6 heteroatoms. The molecule has 2 aliphatic rings. The van der Waals surface area contributed by atoms with Crippen LogP contribution in [-0.4, -0.2) is 62.5 Å². The maximum Gasteiger partial charge on any atom is 0.194 e. The summed E-state index contributed by atoms with van der Waals surface area (Å²) in [6.45, 7) is 11.6. The zero-order valence-electron chi connectivity index (χ0n) is 16.8. The number of guanidine groups is 1. The number of aliphatic imine (C=N–C) groups is 1. The van der Waals surface area contributed by atoms with Crippen LogP contribution in [0.4, 0.5) is 0 Å². The van der Waals surface area contributed by atoms with Gasteiger partial charge in [0.1, 0.15) is 6.10 Å². The second-order valence-corrected chi connectivity index (χ2v) is 7.83. The fourth-order valence-electron chi connectivity index (χ4n) is 3.67. The van der Waals surface area contributed by atoms with Crippen LogP contribution < -0.4 is 5.32 Å². The molecule has 2 fully saturated rings. The summed E-state index contributed by atoms with van der Waals surface area (Å²) >= 11 is 0. The van der Waals surface area contributed by atoms with Crippen molar-refractivity contribution in [3.05, 3.63) is 35.9 Å². The Morgan fingerprint density at radius 1 is 1.19 bits per heavy atom. The molecule has 5 nitrogen and oxygen atoms in total. The lowest BCUT2D eigenvalue weighted by Gasteiger charge is -2.37. The molecule has 2 unspecified atom stereocenters. The average molecular weight is 487 g/mol. The van der Waals surface area contributed by atoms with Gasteiger partial charge in [-0.05, 0) is 25.3 Å². The molecule has 1 N–H and O–H groups in total. The number of nitrogens with zero attached hydrogens (tertiary/aromatic N) is 2. The van der Waals surface area contributed by atoms with Crippen molar-refractivity contribution in [2.24, 2.45) is 4.99 Å². The van der Waals surface area contributed by atoms with Crippen molar-refractivity contribution in [2.75, 3.05) is 39.4 Å². The highest BCUT2D eigenvalue weighted by molar-refractivity contribution is 14.0. The Labute approximate surface area is 180 Å². The number of morpholine rings is 1. The van der Waals surface area contributed by atoms with Crippen molar-refractivity contribution < 1.29 is 9.47 Å². The first-order valence-corrected chi connectivity index (χ1v) is 9.92. The van der Waals surface area contributed by atoms with Crippen molar-refractivity contribution in [1.82, 2.24) is 10.2 Å². The molecule has 1 aromatic carbocycles.